The van der Waals surface area contributed by atoms with Gasteiger partial charge in [-0.05, 0) is 50.0 Å². The molecule has 4 N–H and O–H groups in total. The van der Waals surface area contributed by atoms with Crippen molar-refractivity contribution >= 4 is 35.4 Å². The van der Waals surface area contributed by atoms with Gasteiger partial charge in [0.2, 0.25) is 11.8 Å². The van der Waals surface area contributed by atoms with E-state index in [0.29, 0.717) is 36.7 Å². The van der Waals surface area contributed by atoms with Gasteiger partial charge in [-0.25, -0.2) is 14.0 Å². The van der Waals surface area contributed by atoms with Gasteiger partial charge in [-0.15, -0.1) is 0 Å². The molecule has 1 aromatic heterocycles. The van der Waals surface area contributed by atoms with E-state index in [9.17, 15) is 24.0 Å². The number of rotatable bonds is 8. The molecule has 39 heavy (non-hydrogen) atoms. The monoisotopic (exact) mass is 542 g/mol. The van der Waals surface area contributed by atoms with E-state index in [-0.39, 0.29) is 36.4 Å². The van der Waals surface area contributed by atoms with Crippen LogP contribution in [0.25, 0.3) is 6.08 Å². The van der Waals surface area contributed by atoms with Gasteiger partial charge in [-0.3, -0.25) is 24.3 Å². The Morgan fingerprint density at radius 1 is 1.15 bits per heavy atom. The Bertz CT molecular complexity index is 1400. The Kier molecular flexibility index (Phi) is 8.47. The number of hydrogen-bond donors (Lipinski definition) is 4. The third-order valence-electron chi connectivity index (χ3n) is 6.70. The van der Waals surface area contributed by atoms with Crippen LogP contribution in [0.15, 0.2) is 33.9 Å². The first-order chi connectivity index (χ1) is 18.6. The first-order valence-corrected chi connectivity index (χ1v) is 12.7. The summed E-state index contributed by atoms with van der Waals surface area (Å²) in [7, 11) is 0. The van der Waals surface area contributed by atoms with Crippen LogP contribution >= 0.6 is 0 Å². The zero-order valence-corrected chi connectivity index (χ0v) is 21.7. The standard InChI is InChI=1S/C26H31FN6O6/c1-15-20(24(36)31-25(37)30-15)6-8-23(35)29-11-17-4-3-9-32(13-17)22-7-5-18(10-21(22)27)33-14-19(39-26(33)38)12-28-16(2)34/h5-8,10,17,19H,3-4,9,11-14H2,1-2H3,(H,28,34)(H,29,35)(H2,30,31,36,37)/b8-6+/t17?,19-/m0/s1. The van der Waals surface area contributed by atoms with Gasteiger partial charge in [0.15, 0.2) is 0 Å². The van der Waals surface area contributed by atoms with Gasteiger partial charge in [0.1, 0.15) is 11.9 Å². The molecule has 1 aromatic carbocycles. The number of hydrogen-bond acceptors (Lipinski definition) is 7. The average molecular weight is 543 g/mol. The molecule has 13 heteroatoms. The minimum atomic E-state index is -0.613. The Labute approximate surface area is 223 Å². The number of carbonyl (C=O) groups is 3. The van der Waals surface area contributed by atoms with Crippen molar-refractivity contribution in [1.29, 1.82) is 0 Å². The molecule has 208 valence electrons. The fraction of sp³-hybridized carbons (Fsp3) is 0.423. The van der Waals surface area contributed by atoms with Crippen LogP contribution in [0.2, 0.25) is 0 Å². The van der Waals surface area contributed by atoms with Gasteiger partial charge in [0, 0.05) is 38.3 Å². The fourth-order valence-electron chi connectivity index (χ4n) is 4.74. The van der Waals surface area contributed by atoms with E-state index in [1.807, 2.05) is 4.90 Å². The maximum Gasteiger partial charge on any atom is 0.414 e. The molecule has 2 atom stereocenters. The molecule has 4 rings (SSSR count). The predicted molar refractivity (Wildman–Crippen MR) is 142 cm³/mol. The minimum absolute atomic E-state index is 0.0801. The number of aryl methyl sites for hydroxylation is 1. The van der Waals surface area contributed by atoms with E-state index in [1.165, 1.54) is 30.0 Å². The smallest absolute Gasteiger partial charge is 0.414 e. The number of ether oxygens (including phenoxy) is 1. The first-order valence-electron chi connectivity index (χ1n) is 12.7. The molecular weight excluding hydrogens is 511 g/mol. The first kappa shape index (κ1) is 27.6. The number of piperidine rings is 1. The predicted octanol–water partition coefficient (Wildman–Crippen LogP) is 1.02. The van der Waals surface area contributed by atoms with Crippen molar-refractivity contribution in [2.24, 2.45) is 5.92 Å². The maximum absolute atomic E-state index is 15.2. The van der Waals surface area contributed by atoms with Crippen molar-refractivity contribution in [3.63, 3.8) is 0 Å². The maximum atomic E-state index is 15.2. The van der Waals surface area contributed by atoms with Gasteiger partial charge in [-0.2, -0.15) is 0 Å². The highest BCUT2D eigenvalue weighted by Gasteiger charge is 2.33. The summed E-state index contributed by atoms with van der Waals surface area (Å²) in [6, 6.07) is 4.60. The van der Waals surface area contributed by atoms with E-state index in [2.05, 4.69) is 20.6 Å². The molecule has 0 aliphatic carbocycles. The van der Waals surface area contributed by atoms with Crippen LogP contribution in [-0.4, -0.2) is 66.7 Å². The number of amides is 3. The highest BCUT2D eigenvalue weighted by Crippen LogP contribution is 2.30. The number of benzene rings is 1. The van der Waals surface area contributed by atoms with Crippen molar-refractivity contribution in [3.8, 4) is 0 Å². The lowest BCUT2D eigenvalue weighted by Crippen LogP contribution is -2.41. The van der Waals surface area contributed by atoms with E-state index >= 15 is 4.39 Å². The van der Waals surface area contributed by atoms with Crippen LogP contribution in [0.4, 0.5) is 20.6 Å². The van der Waals surface area contributed by atoms with Crippen molar-refractivity contribution in [3.05, 3.63) is 62.2 Å². The minimum Gasteiger partial charge on any atom is -0.442 e. The molecular formula is C26H31FN6O6. The number of H-pyrrole nitrogens is 2. The Morgan fingerprint density at radius 3 is 2.67 bits per heavy atom. The second-order valence-electron chi connectivity index (χ2n) is 9.67. The number of anilines is 2. The third-order valence-corrected chi connectivity index (χ3v) is 6.70. The second-order valence-corrected chi connectivity index (χ2v) is 9.67. The summed E-state index contributed by atoms with van der Waals surface area (Å²) in [6.07, 6.45) is 3.14. The molecule has 0 bridgehead atoms. The van der Waals surface area contributed by atoms with E-state index in [4.69, 9.17) is 4.74 Å². The van der Waals surface area contributed by atoms with E-state index < -0.39 is 29.3 Å². The zero-order chi connectivity index (χ0) is 28.1. The van der Waals surface area contributed by atoms with Gasteiger partial charge < -0.3 is 25.3 Å². The molecule has 0 spiro atoms. The third kappa shape index (κ3) is 6.92. The number of aromatic nitrogens is 2. The lowest BCUT2D eigenvalue weighted by Gasteiger charge is -2.34. The molecule has 2 saturated heterocycles. The number of aromatic amines is 2. The van der Waals surface area contributed by atoms with Crippen LogP contribution < -0.4 is 31.7 Å². The lowest BCUT2D eigenvalue weighted by atomic mass is 9.97. The quantitative estimate of drug-likeness (QED) is 0.363. The molecule has 12 nitrogen and oxygen atoms in total. The summed E-state index contributed by atoms with van der Waals surface area (Å²) in [5, 5.41) is 5.42. The number of nitrogens with one attached hydrogen (secondary N) is 4. The van der Waals surface area contributed by atoms with E-state index in [0.717, 1.165) is 12.8 Å². The fourth-order valence-corrected chi connectivity index (χ4v) is 4.74. The molecule has 3 heterocycles. The molecule has 2 fully saturated rings. The van der Waals surface area contributed by atoms with Gasteiger partial charge in [0.25, 0.3) is 5.56 Å². The van der Waals surface area contributed by atoms with Crippen LogP contribution in [0, 0.1) is 18.7 Å². The van der Waals surface area contributed by atoms with Crippen molar-refractivity contribution in [2.45, 2.75) is 32.8 Å². The molecule has 2 aliphatic heterocycles. The van der Waals surface area contributed by atoms with Crippen LogP contribution in [0.3, 0.4) is 0 Å². The number of nitrogens with zero attached hydrogens (tertiary/aromatic N) is 2. The van der Waals surface area contributed by atoms with Crippen molar-refractivity contribution < 1.29 is 23.5 Å². The summed E-state index contributed by atoms with van der Waals surface area (Å²) in [5.74, 6) is -1.01. The van der Waals surface area contributed by atoms with E-state index in [1.54, 1.807) is 19.1 Å². The second kappa shape index (κ2) is 12.0. The number of carbonyl (C=O) groups excluding carboxylic acids is 3. The topological polar surface area (TPSA) is 157 Å². The van der Waals surface area contributed by atoms with Crippen LogP contribution in [0.1, 0.15) is 31.0 Å². The van der Waals surface area contributed by atoms with Crippen LogP contribution in [0.5, 0.6) is 0 Å². The molecule has 2 aliphatic rings. The Morgan fingerprint density at radius 2 is 1.95 bits per heavy atom. The summed E-state index contributed by atoms with van der Waals surface area (Å²) in [5.41, 5.74) is 0.134. The Balaban J connectivity index is 1.33. The molecule has 1 unspecified atom stereocenters. The zero-order valence-electron chi connectivity index (χ0n) is 21.7. The van der Waals surface area contributed by atoms with Crippen molar-refractivity contribution in [1.82, 2.24) is 20.6 Å². The van der Waals surface area contributed by atoms with Crippen LogP contribution in [-0.2, 0) is 14.3 Å². The number of cyclic esters (lactones) is 1. The molecule has 0 radical (unpaired) electrons. The summed E-state index contributed by atoms with van der Waals surface area (Å²) >= 11 is 0. The van der Waals surface area contributed by atoms with Gasteiger partial charge in [0.05, 0.1) is 30.0 Å². The highest BCUT2D eigenvalue weighted by molar-refractivity contribution is 5.92. The molecule has 3 amide bonds. The average Bonchev–Trinajstić information content (AvgIpc) is 3.26. The molecule has 2 aromatic rings. The molecule has 0 saturated carbocycles. The largest absolute Gasteiger partial charge is 0.442 e. The SMILES string of the molecule is CC(=O)NC[C@H]1CN(c2ccc(N3CCCC(CNC(=O)/C=C/c4c(C)[nH]c(=O)[nH]c4=O)C3)c(F)c2)C(=O)O1. The summed E-state index contributed by atoms with van der Waals surface area (Å²) < 4.78 is 20.4. The normalized spacial score (nSPS) is 19.3. The van der Waals surface area contributed by atoms with Crippen molar-refractivity contribution in [2.75, 3.05) is 42.5 Å². The van der Waals surface area contributed by atoms with Gasteiger partial charge >= 0.3 is 11.8 Å². The highest BCUT2D eigenvalue weighted by atomic mass is 19.1. The number of halogens is 1. The Hall–Kier alpha value is -4.42. The van der Waals surface area contributed by atoms with Gasteiger partial charge in [-0.1, -0.05) is 0 Å². The lowest BCUT2D eigenvalue weighted by molar-refractivity contribution is -0.119. The summed E-state index contributed by atoms with van der Waals surface area (Å²) in [4.78, 5) is 66.8. The summed E-state index contributed by atoms with van der Waals surface area (Å²) in [6.45, 7) is 4.88.